The lowest BCUT2D eigenvalue weighted by Crippen LogP contribution is -2.29. The molecule has 0 spiro atoms. The molecule has 3 aromatic rings. The maximum absolute atomic E-state index is 12.2. The molecule has 0 atom stereocenters. The number of methoxy groups -OCH3 is 1. The maximum Gasteiger partial charge on any atom is 0.247 e. The van der Waals surface area contributed by atoms with Crippen LogP contribution in [0.1, 0.15) is 17.3 Å². The number of hydrogen-bond acceptors (Lipinski definition) is 10. The third-order valence-electron chi connectivity index (χ3n) is 5.76. The maximum atomic E-state index is 12.2. The zero-order chi connectivity index (χ0) is 27.8. The van der Waals surface area contributed by atoms with Gasteiger partial charge in [-0.1, -0.05) is 6.58 Å². The van der Waals surface area contributed by atoms with Crippen LogP contribution in [0, 0.1) is 0 Å². The van der Waals surface area contributed by atoms with E-state index < -0.39 is 0 Å². The first-order valence-corrected chi connectivity index (χ1v) is 12.0. The first-order valence-electron chi connectivity index (χ1n) is 12.0. The molecule has 1 aromatic carbocycles. The number of ether oxygens (including phenoxy) is 1. The summed E-state index contributed by atoms with van der Waals surface area (Å²) >= 11 is 0. The van der Waals surface area contributed by atoms with Crippen LogP contribution >= 0.6 is 0 Å². The number of likely N-dealkylation sites (N-methyl/N-ethyl adjacent to an activating group) is 2. The van der Waals surface area contributed by atoms with Crippen molar-refractivity contribution in [1.29, 1.82) is 0 Å². The van der Waals surface area contributed by atoms with Crippen molar-refractivity contribution < 1.29 is 14.3 Å². The minimum Gasteiger partial charge on any atom is -0.494 e. The summed E-state index contributed by atoms with van der Waals surface area (Å²) in [6.45, 7) is 6.60. The Labute approximate surface area is 223 Å². The largest absolute Gasteiger partial charge is 0.494 e. The summed E-state index contributed by atoms with van der Waals surface area (Å²) in [5.41, 5.74) is 3.64. The lowest BCUT2D eigenvalue weighted by atomic mass is 10.1. The van der Waals surface area contributed by atoms with Crippen LogP contribution in [0.5, 0.6) is 5.75 Å². The fraction of sp³-hybridized carbons (Fsp3) is 0.296. The number of pyridine rings is 1. The topological polar surface area (TPSA) is 125 Å². The monoisotopic (exact) mass is 518 g/mol. The third-order valence-corrected chi connectivity index (χ3v) is 5.76. The second-order valence-corrected chi connectivity index (χ2v) is 8.80. The van der Waals surface area contributed by atoms with Gasteiger partial charge in [0.1, 0.15) is 11.6 Å². The molecular formula is C27H34N8O3. The molecule has 0 radical (unpaired) electrons. The molecule has 11 nitrogen and oxygen atoms in total. The van der Waals surface area contributed by atoms with E-state index in [4.69, 9.17) is 4.74 Å². The fourth-order valence-corrected chi connectivity index (χ4v) is 3.68. The number of aromatic nitrogens is 3. The number of ketones is 1. The van der Waals surface area contributed by atoms with E-state index in [0.717, 1.165) is 18.8 Å². The van der Waals surface area contributed by atoms with Crippen molar-refractivity contribution in [3.05, 3.63) is 54.9 Å². The first kappa shape index (κ1) is 28.1. The SMILES string of the molecule is C=CC(=O)Nc1cc(Nc2nccc(-c3cnc(NC)c(C(C)=O)c3)n2)c(OC)cc1N(C)CCN(C)C. The Morgan fingerprint density at radius 1 is 1.11 bits per heavy atom. The minimum atomic E-state index is -0.333. The van der Waals surface area contributed by atoms with E-state index in [-0.39, 0.29) is 11.7 Å². The summed E-state index contributed by atoms with van der Waals surface area (Å²) in [4.78, 5) is 41.7. The first-order chi connectivity index (χ1) is 18.2. The summed E-state index contributed by atoms with van der Waals surface area (Å²) in [6.07, 6.45) is 4.48. The minimum absolute atomic E-state index is 0.106. The molecule has 0 aliphatic rings. The van der Waals surface area contributed by atoms with Gasteiger partial charge in [-0.3, -0.25) is 9.59 Å². The number of amides is 1. The number of carbonyl (C=O) groups is 2. The number of nitrogens with zero attached hydrogens (tertiary/aromatic N) is 5. The van der Waals surface area contributed by atoms with Crippen LogP contribution < -0.4 is 25.6 Å². The molecule has 0 aliphatic carbocycles. The smallest absolute Gasteiger partial charge is 0.247 e. The highest BCUT2D eigenvalue weighted by molar-refractivity contribution is 6.02. The zero-order valence-electron chi connectivity index (χ0n) is 22.6. The molecule has 0 saturated carbocycles. The summed E-state index contributed by atoms with van der Waals surface area (Å²) in [5, 5.41) is 9.00. The lowest BCUT2D eigenvalue weighted by molar-refractivity contribution is -0.111. The third kappa shape index (κ3) is 6.83. The van der Waals surface area contributed by atoms with E-state index in [1.54, 1.807) is 44.8 Å². The summed E-state index contributed by atoms with van der Waals surface area (Å²) < 4.78 is 5.66. The molecule has 11 heteroatoms. The van der Waals surface area contributed by atoms with Crippen molar-refractivity contribution in [2.45, 2.75) is 6.92 Å². The van der Waals surface area contributed by atoms with Crippen LogP contribution in [0.4, 0.5) is 28.8 Å². The Bertz CT molecular complexity index is 1330. The molecule has 0 bridgehead atoms. The van der Waals surface area contributed by atoms with Crippen molar-refractivity contribution >= 4 is 40.5 Å². The Morgan fingerprint density at radius 3 is 2.50 bits per heavy atom. The highest BCUT2D eigenvalue weighted by atomic mass is 16.5. The van der Waals surface area contributed by atoms with Crippen LogP contribution in [0.25, 0.3) is 11.3 Å². The lowest BCUT2D eigenvalue weighted by Gasteiger charge is -2.26. The Morgan fingerprint density at radius 2 is 1.87 bits per heavy atom. The summed E-state index contributed by atoms with van der Waals surface area (Å²) in [7, 11) is 9.24. The molecule has 3 rings (SSSR count). The van der Waals surface area contributed by atoms with Gasteiger partial charge in [-0.05, 0) is 45.3 Å². The number of hydrogen-bond donors (Lipinski definition) is 3. The van der Waals surface area contributed by atoms with Crippen molar-refractivity contribution in [3.8, 4) is 17.0 Å². The molecule has 3 N–H and O–H groups in total. The molecule has 200 valence electrons. The second kappa shape index (κ2) is 12.6. The van der Waals surface area contributed by atoms with Crippen molar-refractivity contribution in [2.24, 2.45) is 0 Å². The van der Waals surface area contributed by atoms with Gasteiger partial charge in [-0.25, -0.2) is 15.0 Å². The van der Waals surface area contributed by atoms with Gasteiger partial charge in [0.2, 0.25) is 11.9 Å². The van der Waals surface area contributed by atoms with Gasteiger partial charge in [0.15, 0.2) is 5.78 Å². The molecular weight excluding hydrogens is 484 g/mol. The van der Waals surface area contributed by atoms with Gasteiger partial charge in [-0.2, -0.15) is 0 Å². The second-order valence-electron chi connectivity index (χ2n) is 8.80. The quantitative estimate of drug-likeness (QED) is 0.242. The Hall–Kier alpha value is -4.51. The van der Waals surface area contributed by atoms with Crippen molar-refractivity contribution in [1.82, 2.24) is 19.9 Å². The number of anilines is 5. The molecule has 2 heterocycles. The normalized spacial score (nSPS) is 10.6. The van der Waals surface area contributed by atoms with Crippen molar-refractivity contribution in [3.63, 3.8) is 0 Å². The van der Waals surface area contributed by atoms with Crippen LogP contribution in [-0.2, 0) is 4.79 Å². The van der Waals surface area contributed by atoms with E-state index in [2.05, 4.69) is 42.4 Å². The van der Waals surface area contributed by atoms with E-state index in [1.807, 2.05) is 32.1 Å². The average molecular weight is 519 g/mol. The van der Waals surface area contributed by atoms with E-state index in [1.165, 1.54) is 13.0 Å². The molecule has 2 aromatic heterocycles. The van der Waals surface area contributed by atoms with Gasteiger partial charge >= 0.3 is 0 Å². The van der Waals surface area contributed by atoms with Crippen LogP contribution in [0.15, 0.2) is 49.3 Å². The summed E-state index contributed by atoms with van der Waals surface area (Å²) in [6, 6.07) is 7.10. The van der Waals surface area contributed by atoms with Crippen molar-refractivity contribution in [2.75, 3.05) is 69.2 Å². The van der Waals surface area contributed by atoms with Crippen LogP contribution in [0.2, 0.25) is 0 Å². The van der Waals surface area contributed by atoms with Gasteiger partial charge in [-0.15, -0.1) is 0 Å². The van der Waals surface area contributed by atoms with Gasteiger partial charge < -0.3 is 30.5 Å². The molecule has 0 saturated heterocycles. The molecule has 38 heavy (non-hydrogen) atoms. The average Bonchev–Trinajstić information content (AvgIpc) is 2.91. The number of benzene rings is 1. The zero-order valence-corrected chi connectivity index (χ0v) is 22.6. The molecule has 1 amide bonds. The predicted molar refractivity (Wildman–Crippen MR) is 152 cm³/mol. The van der Waals surface area contributed by atoms with Crippen LogP contribution in [-0.4, -0.2) is 79.9 Å². The van der Waals surface area contributed by atoms with Crippen LogP contribution in [0.3, 0.4) is 0 Å². The number of rotatable bonds is 12. The Kier molecular flexibility index (Phi) is 9.33. The van der Waals surface area contributed by atoms with E-state index in [0.29, 0.717) is 45.7 Å². The van der Waals surface area contributed by atoms with E-state index >= 15 is 0 Å². The summed E-state index contributed by atoms with van der Waals surface area (Å²) in [5.74, 6) is 0.910. The predicted octanol–water partition coefficient (Wildman–Crippen LogP) is 3.66. The standard InChI is InChI=1S/C27H34N8O3/c1-8-25(37)31-21-14-22(24(38-7)15-23(21)35(6)12-11-34(4)5)33-27-29-10-9-20(32-27)18-13-19(17(2)36)26(28-3)30-16-18/h8-10,13-16H,1,11-12H2,2-7H3,(H,28,30)(H,31,37)(H,29,32,33). The van der Waals surface area contributed by atoms with Gasteiger partial charge in [0.05, 0.1) is 35.4 Å². The van der Waals surface area contributed by atoms with Gasteiger partial charge in [0, 0.05) is 51.2 Å². The molecule has 0 fully saturated rings. The fourth-order valence-electron chi connectivity index (χ4n) is 3.68. The highest BCUT2D eigenvalue weighted by Crippen LogP contribution is 2.38. The van der Waals surface area contributed by atoms with Gasteiger partial charge in [0.25, 0.3) is 0 Å². The molecule has 0 aliphatic heterocycles. The molecule has 0 unspecified atom stereocenters. The number of Topliss-reactive ketones (excluding diaryl/α,β-unsaturated/α-hetero) is 1. The number of carbonyl (C=O) groups excluding carboxylic acids is 2. The van der Waals surface area contributed by atoms with E-state index in [9.17, 15) is 9.59 Å². The highest BCUT2D eigenvalue weighted by Gasteiger charge is 2.17. The number of nitrogens with one attached hydrogen (secondary N) is 3. The Balaban J connectivity index is 1.99.